The number of para-hydroxylation sites is 1. The maximum Gasteiger partial charge on any atom is 0.155 e. The van der Waals surface area contributed by atoms with E-state index in [1.165, 1.54) is 7.11 Å². The SMILES string of the molecule is [CH2]S(=O)(=O)Cc1ccccc1OC. The van der Waals surface area contributed by atoms with Crippen molar-refractivity contribution in [3.05, 3.63) is 36.1 Å². The molecule has 0 saturated carbocycles. The average Bonchev–Trinajstić information content (AvgIpc) is 2.02. The first kappa shape index (κ1) is 10.1. The van der Waals surface area contributed by atoms with Crippen molar-refractivity contribution in [2.45, 2.75) is 5.75 Å². The molecule has 1 radical (unpaired) electrons. The molecule has 71 valence electrons. The quantitative estimate of drug-likeness (QED) is 0.739. The van der Waals surface area contributed by atoms with Gasteiger partial charge < -0.3 is 4.74 Å². The summed E-state index contributed by atoms with van der Waals surface area (Å²) in [6.45, 7) is 0. The molecule has 0 bridgehead atoms. The minimum absolute atomic E-state index is 0.0863. The molecule has 0 aliphatic carbocycles. The second kappa shape index (κ2) is 3.79. The second-order valence-corrected chi connectivity index (χ2v) is 4.48. The molecule has 0 aliphatic rings. The van der Waals surface area contributed by atoms with Crippen LogP contribution in [0.25, 0.3) is 0 Å². The van der Waals surface area contributed by atoms with E-state index >= 15 is 0 Å². The van der Waals surface area contributed by atoms with Crippen LogP contribution in [0.3, 0.4) is 0 Å². The van der Waals surface area contributed by atoms with Gasteiger partial charge in [-0.15, -0.1) is 0 Å². The van der Waals surface area contributed by atoms with E-state index in [1.807, 2.05) is 0 Å². The molecular formula is C9H11O3S. The second-order valence-electron chi connectivity index (χ2n) is 2.70. The standard InChI is InChI=1S/C9H11O3S/c1-12-9-6-4-3-5-8(9)7-13(2,10)11/h3-6H,2,7H2,1H3. The summed E-state index contributed by atoms with van der Waals surface area (Å²) in [5.41, 5.74) is 0.639. The van der Waals surface area contributed by atoms with Crippen molar-refractivity contribution in [2.24, 2.45) is 0 Å². The van der Waals surface area contributed by atoms with Gasteiger partial charge in [0.15, 0.2) is 9.84 Å². The van der Waals surface area contributed by atoms with Gasteiger partial charge in [-0.3, -0.25) is 0 Å². The Balaban J connectivity index is 3.01. The molecule has 1 aromatic carbocycles. The molecule has 4 heteroatoms. The van der Waals surface area contributed by atoms with Crippen molar-refractivity contribution >= 4 is 9.84 Å². The lowest BCUT2D eigenvalue weighted by Crippen LogP contribution is -2.00. The Morgan fingerprint density at radius 1 is 1.38 bits per heavy atom. The molecule has 1 aromatic rings. The Kier molecular flexibility index (Phi) is 2.93. The van der Waals surface area contributed by atoms with Crippen molar-refractivity contribution in [3.8, 4) is 5.75 Å². The fraction of sp³-hybridized carbons (Fsp3) is 0.222. The molecule has 0 aromatic heterocycles. The molecule has 0 amide bonds. The Morgan fingerprint density at radius 3 is 2.54 bits per heavy atom. The highest BCUT2D eigenvalue weighted by atomic mass is 32.2. The van der Waals surface area contributed by atoms with Gasteiger partial charge in [-0.05, 0) is 6.07 Å². The minimum Gasteiger partial charge on any atom is -0.496 e. The fourth-order valence-corrected chi connectivity index (χ4v) is 1.77. The number of sulfone groups is 1. The molecule has 0 unspecified atom stereocenters. The third-order valence-electron chi connectivity index (χ3n) is 1.57. The zero-order valence-corrected chi connectivity index (χ0v) is 8.17. The summed E-state index contributed by atoms with van der Waals surface area (Å²) in [5, 5.41) is 0. The highest BCUT2D eigenvalue weighted by Crippen LogP contribution is 2.19. The van der Waals surface area contributed by atoms with Gasteiger partial charge >= 0.3 is 0 Å². The maximum absolute atomic E-state index is 10.9. The van der Waals surface area contributed by atoms with E-state index in [4.69, 9.17) is 4.74 Å². The number of methoxy groups -OCH3 is 1. The van der Waals surface area contributed by atoms with Gasteiger partial charge in [0.05, 0.1) is 19.1 Å². The number of ether oxygens (including phenoxy) is 1. The van der Waals surface area contributed by atoms with E-state index < -0.39 is 9.84 Å². The van der Waals surface area contributed by atoms with Crippen LogP contribution in [-0.2, 0) is 15.6 Å². The zero-order chi connectivity index (χ0) is 9.90. The lowest BCUT2D eigenvalue weighted by molar-refractivity contribution is 0.411. The first-order valence-corrected chi connectivity index (χ1v) is 5.53. The molecule has 0 spiro atoms. The Bertz CT molecular complexity index is 382. The van der Waals surface area contributed by atoms with Crippen molar-refractivity contribution in [3.63, 3.8) is 0 Å². The predicted octanol–water partition coefficient (Wildman–Crippen LogP) is 1.40. The highest BCUT2D eigenvalue weighted by Gasteiger charge is 2.08. The molecule has 1 rings (SSSR count). The van der Waals surface area contributed by atoms with Gasteiger partial charge in [-0.1, -0.05) is 18.2 Å². The van der Waals surface area contributed by atoms with Crippen LogP contribution in [0.5, 0.6) is 5.75 Å². The molecule has 13 heavy (non-hydrogen) atoms. The Hall–Kier alpha value is -1.03. The van der Waals surface area contributed by atoms with Crippen LogP contribution in [0.1, 0.15) is 5.56 Å². The maximum atomic E-state index is 10.9. The number of rotatable bonds is 3. The fourth-order valence-electron chi connectivity index (χ4n) is 1.06. The van der Waals surface area contributed by atoms with Gasteiger partial charge in [-0.2, -0.15) is 0 Å². The monoisotopic (exact) mass is 199 g/mol. The van der Waals surface area contributed by atoms with Crippen LogP contribution in [-0.4, -0.2) is 15.5 Å². The Labute approximate surface area is 78.3 Å². The van der Waals surface area contributed by atoms with E-state index in [9.17, 15) is 8.42 Å². The van der Waals surface area contributed by atoms with Crippen LogP contribution in [0.4, 0.5) is 0 Å². The largest absolute Gasteiger partial charge is 0.496 e. The van der Waals surface area contributed by atoms with E-state index in [-0.39, 0.29) is 5.75 Å². The highest BCUT2D eigenvalue weighted by molar-refractivity contribution is 7.91. The van der Waals surface area contributed by atoms with Crippen LogP contribution in [0.15, 0.2) is 24.3 Å². The third-order valence-corrected chi connectivity index (χ3v) is 2.32. The van der Waals surface area contributed by atoms with Crippen LogP contribution in [0.2, 0.25) is 0 Å². The lowest BCUT2D eigenvalue weighted by atomic mass is 10.2. The van der Waals surface area contributed by atoms with E-state index in [0.29, 0.717) is 11.3 Å². The summed E-state index contributed by atoms with van der Waals surface area (Å²) in [5.74, 6) is 0.492. The molecule has 0 heterocycles. The first-order chi connectivity index (χ1) is 6.03. The smallest absolute Gasteiger partial charge is 0.155 e. The summed E-state index contributed by atoms with van der Waals surface area (Å²) in [6, 6.07) is 6.99. The zero-order valence-electron chi connectivity index (χ0n) is 7.36. The molecule has 3 nitrogen and oxygen atoms in total. The van der Waals surface area contributed by atoms with Crippen molar-refractivity contribution in [1.82, 2.24) is 0 Å². The van der Waals surface area contributed by atoms with E-state index in [0.717, 1.165) is 0 Å². The number of hydrogen-bond acceptors (Lipinski definition) is 3. The van der Waals surface area contributed by atoms with Gasteiger partial charge in [0.1, 0.15) is 5.75 Å². The number of benzene rings is 1. The van der Waals surface area contributed by atoms with Crippen molar-refractivity contribution in [1.29, 1.82) is 0 Å². The Morgan fingerprint density at radius 2 is 2.00 bits per heavy atom. The van der Waals surface area contributed by atoms with Crippen molar-refractivity contribution in [2.75, 3.05) is 7.11 Å². The van der Waals surface area contributed by atoms with Gasteiger partial charge in [0, 0.05) is 5.56 Å². The topological polar surface area (TPSA) is 43.4 Å². The van der Waals surface area contributed by atoms with Gasteiger partial charge in [0.25, 0.3) is 0 Å². The van der Waals surface area contributed by atoms with Crippen LogP contribution < -0.4 is 4.74 Å². The average molecular weight is 199 g/mol. The number of hydrogen-bond donors (Lipinski definition) is 0. The summed E-state index contributed by atoms with van der Waals surface area (Å²) in [6.07, 6.45) is 3.06. The summed E-state index contributed by atoms with van der Waals surface area (Å²) in [4.78, 5) is 0. The van der Waals surface area contributed by atoms with Gasteiger partial charge in [0.2, 0.25) is 0 Å². The summed E-state index contributed by atoms with van der Waals surface area (Å²) in [7, 11) is -1.73. The van der Waals surface area contributed by atoms with Gasteiger partial charge in [-0.25, -0.2) is 8.42 Å². The molecule has 0 aliphatic heterocycles. The van der Waals surface area contributed by atoms with E-state index in [2.05, 4.69) is 6.26 Å². The first-order valence-electron chi connectivity index (χ1n) is 3.70. The predicted molar refractivity (Wildman–Crippen MR) is 51.0 cm³/mol. The molecule has 0 fully saturated rings. The normalized spacial score (nSPS) is 11.2. The van der Waals surface area contributed by atoms with Crippen LogP contribution >= 0.6 is 0 Å². The molecule has 0 atom stereocenters. The van der Waals surface area contributed by atoms with Crippen LogP contribution in [0, 0.1) is 6.26 Å². The summed E-state index contributed by atoms with van der Waals surface area (Å²) >= 11 is 0. The summed E-state index contributed by atoms with van der Waals surface area (Å²) < 4.78 is 26.8. The minimum atomic E-state index is -3.24. The molecular weight excluding hydrogens is 188 g/mol. The third kappa shape index (κ3) is 3.06. The molecule has 0 N–H and O–H groups in total. The lowest BCUT2D eigenvalue weighted by Gasteiger charge is -2.05. The van der Waals surface area contributed by atoms with Crippen molar-refractivity contribution < 1.29 is 13.2 Å². The molecule has 0 saturated heterocycles. The van der Waals surface area contributed by atoms with E-state index in [1.54, 1.807) is 24.3 Å².